The molecule has 4 rings (SSSR count). The Kier molecular flexibility index (Phi) is 5.58. The van der Waals surface area contributed by atoms with Gasteiger partial charge in [0.15, 0.2) is 6.19 Å². The van der Waals surface area contributed by atoms with Gasteiger partial charge in [-0.25, -0.2) is 9.07 Å². The molecule has 1 saturated heterocycles. The second kappa shape index (κ2) is 8.48. The van der Waals surface area contributed by atoms with E-state index in [-0.39, 0.29) is 23.2 Å². The molecule has 0 aliphatic carbocycles. The monoisotopic (exact) mass is 418 g/mol. The molecular weight excluding hydrogens is 395 g/mol. The van der Waals surface area contributed by atoms with Gasteiger partial charge in [0.25, 0.3) is 5.91 Å². The largest absolute Gasteiger partial charge is 0.383 e. The zero-order valence-corrected chi connectivity index (χ0v) is 17.0. The molecule has 0 saturated carbocycles. The molecule has 1 aliphatic rings. The number of primary amides is 1. The van der Waals surface area contributed by atoms with Crippen LogP contribution in [0.5, 0.6) is 0 Å². The van der Waals surface area contributed by atoms with Crippen LogP contribution in [0.1, 0.15) is 40.4 Å². The number of benzene rings is 2. The number of hydrogen-bond donors (Lipinski definition) is 2. The van der Waals surface area contributed by atoms with Gasteiger partial charge in [-0.05, 0) is 48.6 Å². The summed E-state index contributed by atoms with van der Waals surface area (Å²) in [4.78, 5) is 13.9. The first-order valence-electron chi connectivity index (χ1n) is 10.1. The fourth-order valence-corrected chi connectivity index (χ4v) is 4.08. The maximum atomic E-state index is 13.2. The van der Waals surface area contributed by atoms with Crippen LogP contribution in [0.4, 0.5) is 10.2 Å². The normalized spacial score (nSPS) is 16.1. The molecule has 8 heteroatoms. The van der Waals surface area contributed by atoms with E-state index in [1.165, 1.54) is 12.1 Å². The number of hydrogen-bond acceptors (Lipinski definition) is 5. The molecule has 0 radical (unpaired) electrons. The van der Waals surface area contributed by atoms with Gasteiger partial charge in [-0.1, -0.05) is 30.3 Å². The fourth-order valence-electron chi connectivity index (χ4n) is 4.08. The van der Waals surface area contributed by atoms with Gasteiger partial charge in [0.05, 0.1) is 12.6 Å². The number of carbonyl (C=O) groups is 1. The Morgan fingerprint density at radius 1 is 1.23 bits per heavy atom. The van der Waals surface area contributed by atoms with E-state index in [2.05, 4.69) is 11.3 Å². The summed E-state index contributed by atoms with van der Waals surface area (Å²) in [7, 11) is 0. The molecule has 1 fully saturated rings. The fraction of sp³-hybridized carbons (Fsp3) is 0.261. The number of nitrogens with zero attached hydrogens (tertiary/aromatic N) is 4. The number of anilines is 1. The van der Waals surface area contributed by atoms with Crippen LogP contribution in [0.25, 0.3) is 11.3 Å². The van der Waals surface area contributed by atoms with Crippen LogP contribution in [0.15, 0.2) is 48.5 Å². The van der Waals surface area contributed by atoms with Crippen molar-refractivity contribution in [3.8, 4) is 17.5 Å². The Morgan fingerprint density at radius 2 is 2.00 bits per heavy atom. The predicted octanol–water partition coefficient (Wildman–Crippen LogP) is 3.08. The number of likely N-dealkylation sites (tertiary alicyclic amines) is 1. The smallest absolute Gasteiger partial charge is 0.254 e. The summed E-state index contributed by atoms with van der Waals surface area (Å²) in [5.41, 5.74) is 15.3. The number of piperidine rings is 1. The first-order valence-corrected chi connectivity index (χ1v) is 10.1. The van der Waals surface area contributed by atoms with Gasteiger partial charge in [-0.2, -0.15) is 10.4 Å². The highest BCUT2D eigenvalue weighted by Gasteiger charge is 2.28. The average Bonchev–Trinajstić information content (AvgIpc) is 3.13. The third-order valence-electron chi connectivity index (χ3n) is 5.60. The van der Waals surface area contributed by atoms with E-state index in [0.29, 0.717) is 25.2 Å². The highest BCUT2D eigenvalue weighted by atomic mass is 19.1. The summed E-state index contributed by atoms with van der Waals surface area (Å²) < 4.78 is 14.8. The van der Waals surface area contributed by atoms with E-state index in [1.54, 1.807) is 21.7 Å². The van der Waals surface area contributed by atoms with Gasteiger partial charge in [-0.15, -0.1) is 0 Å². The molecule has 0 bridgehead atoms. The van der Waals surface area contributed by atoms with Crippen molar-refractivity contribution in [2.24, 2.45) is 5.73 Å². The molecule has 1 unspecified atom stereocenters. The summed E-state index contributed by atoms with van der Waals surface area (Å²) in [5, 5.41) is 13.9. The van der Waals surface area contributed by atoms with Crippen LogP contribution in [0.3, 0.4) is 0 Å². The van der Waals surface area contributed by atoms with Crippen LogP contribution in [0, 0.1) is 17.3 Å². The van der Waals surface area contributed by atoms with Crippen molar-refractivity contribution in [1.29, 1.82) is 5.26 Å². The third kappa shape index (κ3) is 4.21. The Bertz CT molecular complexity index is 1150. The minimum atomic E-state index is -0.643. The lowest BCUT2D eigenvalue weighted by atomic mass is 10.00. The number of rotatable bonds is 5. The van der Waals surface area contributed by atoms with Gasteiger partial charge in [0, 0.05) is 12.1 Å². The molecule has 0 spiro atoms. The van der Waals surface area contributed by atoms with Crippen LogP contribution in [-0.2, 0) is 6.42 Å². The van der Waals surface area contributed by atoms with Crippen molar-refractivity contribution in [3.05, 3.63) is 71.0 Å². The van der Waals surface area contributed by atoms with Crippen LogP contribution < -0.4 is 11.5 Å². The summed E-state index contributed by atoms with van der Waals surface area (Å²) >= 11 is 0. The first kappa shape index (κ1) is 20.4. The SMILES string of the molecule is N#CN1CCCC(n2nc(-c3cccc(Cc4ccc(F)cc4)c3)c(C(N)=O)c2N)C1. The molecule has 1 atom stereocenters. The van der Waals surface area contributed by atoms with E-state index in [9.17, 15) is 14.4 Å². The summed E-state index contributed by atoms with van der Waals surface area (Å²) in [5.74, 6) is -0.700. The van der Waals surface area contributed by atoms with Crippen molar-refractivity contribution in [2.75, 3.05) is 18.8 Å². The first-order chi connectivity index (χ1) is 15.0. The second-order valence-corrected chi connectivity index (χ2v) is 7.76. The minimum absolute atomic E-state index is 0.109. The number of nitriles is 1. The zero-order valence-electron chi connectivity index (χ0n) is 17.0. The topological polar surface area (TPSA) is 114 Å². The Hall–Kier alpha value is -3.86. The molecule has 2 heterocycles. The lowest BCUT2D eigenvalue weighted by Crippen LogP contribution is -2.34. The molecule has 1 amide bonds. The van der Waals surface area contributed by atoms with E-state index >= 15 is 0 Å². The van der Waals surface area contributed by atoms with E-state index < -0.39 is 5.91 Å². The van der Waals surface area contributed by atoms with Crippen molar-refractivity contribution < 1.29 is 9.18 Å². The number of aromatic nitrogens is 2. The molecule has 7 nitrogen and oxygen atoms in total. The number of nitrogens with two attached hydrogens (primary N) is 2. The van der Waals surface area contributed by atoms with Gasteiger partial charge in [0.2, 0.25) is 0 Å². The van der Waals surface area contributed by atoms with Gasteiger partial charge in [0.1, 0.15) is 22.9 Å². The lowest BCUT2D eigenvalue weighted by molar-refractivity contribution is 0.100. The zero-order chi connectivity index (χ0) is 22.0. The standard InChI is InChI=1S/C23H23FN6O/c24-18-8-6-15(7-9-18)11-16-3-1-4-17(12-16)21-20(23(27)31)22(26)30(28-21)19-5-2-10-29(13-19)14-25/h1,3-4,6-9,12,19H,2,5,10-11,13,26H2,(H2,27,31). The summed E-state index contributed by atoms with van der Waals surface area (Å²) in [6.45, 7) is 1.19. The highest BCUT2D eigenvalue weighted by molar-refractivity contribution is 6.03. The third-order valence-corrected chi connectivity index (χ3v) is 5.60. The molecule has 1 aromatic heterocycles. The van der Waals surface area contributed by atoms with Gasteiger partial charge >= 0.3 is 0 Å². The Morgan fingerprint density at radius 3 is 2.71 bits per heavy atom. The molecule has 1 aliphatic heterocycles. The van der Waals surface area contributed by atoms with Crippen molar-refractivity contribution in [3.63, 3.8) is 0 Å². The van der Waals surface area contributed by atoms with Crippen molar-refractivity contribution in [2.45, 2.75) is 25.3 Å². The molecule has 2 aromatic carbocycles. The van der Waals surface area contributed by atoms with E-state index in [0.717, 1.165) is 29.5 Å². The predicted molar refractivity (Wildman–Crippen MR) is 115 cm³/mol. The Labute approximate surface area is 179 Å². The maximum absolute atomic E-state index is 13.2. The van der Waals surface area contributed by atoms with Gasteiger partial charge in [-0.3, -0.25) is 4.79 Å². The van der Waals surface area contributed by atoms with Gasteiger partial charge < -0.3 is 16.4 Å². The number of amides is 1. The summed E-state index contributed by atoms with van der Waals surface area (Å²) in [6, 6.07) is 13.9. The molecular formula is C23H23FN6O. The molecule has 31 heavy (non-hydrogen) atoms. The minimum Gasteiger partial charge on any atom is -0.383 e. The lowest BCUT2D eigenvalue weighted by Gasteiger charge is -2.29. The number of halogens is 1. The number of nitrogen functional groups attached to an aromatic ring is 1. The van der Waals surface area contributed by atoms with Crippen LogP contribution in [-0.4, -0.2) is 33.7 Å². The second-order valence-electron chi connectivity index (χ2n) is 7.76. The maximum Gasteiger partial charge on any atom is 0.254 e. The average molecular weight is 418 g/mol. The molecule has 4 N–H and O–H groups in total. The van der Waals surface area contributed by atoms with Crippen molar-refractivity contribution >= 4 is 11.7 Å². The van der Waals surface area contributed by atoms with E-state index in [4.69, 9.17) is 11.5 Å². The van der Waals surface area contributed by atoms with Crippen LogP contribution >= 0.6 is 0 Å². The Balaban J connectivity index is 1.70. The molecule has 3 aromatic rings. The van der Waals surface area contributed by atoms with Crippen molar-refractivity contribution in [1.82, 2.24) is 14.7 Å². The number of carbonyl (C=O) groups excluding carboxylic acids is 1. The molecule has 158 valence electrons. The van der Waals surface area contributed by atoms with Crippen LogP contribution in [0.2, 0.25) is 0 Å². The quantitative estimate of drug-likeness (QED) is 0.618. The highest BCUT2D eigenvalue weighted by Crippen LogP contribution is 2.32. The summed E-state index contributed by atoms with van der Waals surface area (Å²) in [6.07, 6.45) is 4.43. The van der Waals surface area contributed by atoms with E-state index in [1.807, 2.05) is 24.3 Å².